The summed E-state index contributed by atoms with van der Waals surface area (Å²) in [4.78, 5) is 21.5. The molecule has 3 aliphatic rings. The van der Waals surface area contributed by atoms with Crippen LogP contribution >= 0.6 is 7.14 Å². The van der Waals surface area contributed by atoms with E-state index in [4.69, 9.17) is 4.74 Å². The summed E-state index contributed by atoms with van der Waals surface area (Å²) in [6.07, 6.45) is 2.70. The van der Waals surface area contributed by atoms with Gasteiger partial charge in [-0.1, -0.05) is 6.07 Å². The summed E-state index contributed by atoms with van der Waals surface area (Å²) in [6.45, 7) is 3.91. The van der Waals surface area contributed by atoms with Crippen LogP contribution in [0.25, 0.3) is 11.2 Å². The smallest absolute Gasteiger partial charge is 0.295 e. The number of carbonyl (C=O) groups excluding carboxylic acids is 1. The molecule has 38 heavy (non-hydrogen) atoms. The topological polar surface area (TPSA) is 98.1 Å². The van der Waals surface area contributed by atoms with Gasteiger partial charge in [0.1, 0.15) is 24.7 Å². The van der Waals surface area contributed by atoms with Gasteiger partial charge in [-0.3, -0.25) is 9.36 Å². The Morgan fingerprint density at radius 1 is 1.08 bits per heavy atom. The van der Waals surface area contributed by atoms with Crippen LogP contribution in [0.15, 0.2) is 24.3 Å². The molecule has 1 saturated heterocycles. The lowest BCUT2D eigenvalue weighted by Crippen LogP contribution is -2.21. The van der Waals surface area contributed by atoms with E-state index in [1.54, 1.807) is 19.4 Å². The van der Waals surface area contributed by atoms with Crippen molar-refractivity contribution in [2.75, 3.05) is 30.6 Å². The molecule has 1 atom stereocenters. The van der Waals surface area contributed by atoms with Gasteiger partial charge in [-0.2, -0.15) is 0 Å². The van der Waals surface area contributed by atoms with Gasteiger partial charge < -0.3 is 19.9 Å². The average Bonchev–Trinajstić information content (AvgIpc) is 3.80. The quantitative estimate of drug-likeness (QED) is 0.324. The molecule has 8 nitrogen and oxygen atoms in total. The first-order valence-electron chi connectivity index (χ1n) is 13.3. The summed E-state index contributed by atoms with van der Waals surface area (Å²) in [5.41, 5.74) is 2.66. The number of alkyl halides is 2. The third-order valence-corrected chi connectivity index (χ3v) is 8.96. The minimum atomic E-state index is -2.84. The zero-order valence-corrected chi connectivity index (χ0v) is 22.4. The first kappa shape index (κ1) is 25.4. The molecular weight excluding hydrogens is 511 g/mol. The summed E-state index contributed by atoms with van der Waals surface area (Å²) in [5, 5.41) is 6.87. The number of ether oxygens (including phenoxy) is 1. The minimum absolute atomic E-state index is 0.0558. The van der Waals surface area contributed by atoms with E-state index in [9.17, 15) is 18.1 Å². The second-order valence-corrected chi connectivity index (χ2v) is 14.2. The molecule has 2 N–H and O–H groups in total. The number of aromatic nitrogens is 3. The number of hydrogen-bond acceptors (Lipinski definition) is 6. The zero-order valence-electron chi connectivity index (χ0n) is 21.5. The predicted molar refractivity (Wildman–Crippen MR) is 143 cm³/mol. The Balaban J connectivity index is 1.49. The number of halogens is 2. The second kappa shape index (κ2) is 9.72. The number of nitrogens with zero attached hydrogens (tertiary/aromatic N) is 3. The standard InChI is InChI=1S/C27H32F2N5O3P/c1-38(2,36)20-13-17(15-6-7-15)10-11-18(20)30-19-14-21(32-27(35)16-8-9-16)31-25-23(19)33-26(24(28)29)34(25)22-5-3-4-12-37-22/h10-11,13-16,22,24H,3-9,12H2,1-2H3,(H2,30,31,32,35). The summed E-state index contributed by atoms with van der Waals surface area (Å²) in [5.74, 6) is 0.125. The number of anilines is 3. The third kappa shape index (κ3) is 5.08. The molecule has 3 fully saturated rings. The van der Waals surface area contributed by atoms with Crippen LogP contribution < -0.4 is 15.9 Å². The molecule has 2 aromatic heterocycles. The number of nitrogens with one attached hydrogen (secondary N) is 2. The van der Waals surface area contributed by atoms with Gasteiger partial charge in [0.25, 0.3) is 6.43 Å². The average molecular weight is 544 g/mol. The second-order valence-electron chi connectivity index (χ2n) is 11.0. The van der Waals surface area contributed by atoms with E-state index in [2.05, 4.69) is 20.6 Å². The number of amides is 1. The third-order valence-electron chi connectivity index (χ3n) is 7.43. The van der Waals surface area contributed by atoms with Crippen molar-refractivity contribution in [1.82, 2.24) is 14.5 Å². The van der Waals surface area contributed by atoms with Gasteiger partial charge in [0.2, 0.25) is 5.91 Å². The number of imidazole rings is 1. The summed E-state index contributed by atoms with van der Waals surface area (Å²) in [6, 6.07) is 7.53. The molecule has 0 bridgehead atoms. The van der Waals surface area contributed by atoms with Crippen LogP contribution in [0, 0.1) is 5.92 Å². The van der Waals surface area contributed by atoms with Crippen molar-refractivity contribution in [2.24, 2.45) is 5.92 Å². The fraction of sp³-hybridized carbons (Fsp3) is 0.519. The molecule has 2 saturated carbocycles. The summed E-state index contributed by atoms with van der Waals surface area (Å²) < 4.78 is 49.0. The van der Waals surface area contributed by atoms with Crippen LogP contribution in [0.1, 0.15) is 74.9 Å². The fourth-order valence-corrected chi connectivity index (χ4v) is 6.26. The van der Waals surface area contributed by atoms with Crippen molar-refractivity contribution in [1.29, 1.82) is 0 Å². The normalized spacial score (nSPS) is 20.2. The molecule has 1 amide bonds. The molecule has 3 heterocycles. The molecule has 1 aliphatic heterocycles. The Morgan fingerprint density at radius 2 is 1.87 bits per heavy atom. The van der Waals surface area contributed by atoms with Crippen molar-refractivity contribution in [3.8, 4) is 0 Å². The lowest BCUT2D eigenvalue weighted by atomic mass is 10.1. The van der Waals surface area contributed by atoms with Gasteiger partial charge in [-0.05, 0) is 81.9 Å². The van der Waals surface area contributed by atoms with Gasteiger partial charge in [0.15, 0.2) is 11.5 Å². The summed E-state index contributed by atoms with van der Waals surface area (Å²) in [7, 11) is -2.69. The number of pyridine rings is 1. The molecule has 0 spiro atoms. The largest absolute Gasteiger partial charge is 0.358 e. The molecule has 1 aromatic carbocycles. The van der Waals surface area contributed by atoms with E-state index in [-0.39, 0.29) is 28.8 Å². The lowest BCUT2D eigenvalue weighted by molar-refractivity contribution is -0.117. The van der Waals surface area contributed by atoms with Gasteiger partial charge in [-0.15, -0.1) is 0 Å². The minimum Gasteiger partial charge on any atom is -0.358 e. The Kier molecular flexibility index (Phi) is 6.51. The SMILES string of the molecule is CP(C)(=O)c1cc(C2CC2)ccc1Nc1cc(NC(=O)C2CC2)nc2c1nc(C(F)F)n2C1CCCCO1. The highest BCUT2D eigenvalue weighted by Crippen LogP contribution is 2.45. The summed E-state index contributed by atoms with van der Waals surface area (Å²) >= 11 is 0. The van der Waals surface area contributed by atoms with Crippen LogP contribution in [0.2, 0.25) is 0 Å². The monoisotopic (exact) mass is 543 g/mol. The Hall–Kier alpha value is -2.84. The van der Waals surface area contributed by atoms with Gasteiger partial charge in [0.05, 0.1) is 5.69 Å². The lowest BCUT2D eigenvalue weighted by Gasteiger charge is -2.25. The molecular formula is C27H32F2N5O3P. The molecule has 202 valence electrons. The maximum absolute atomic E-state index is 14.3. The van der Waals surface area contributed by atoms with E-state index in [0.717, 1.165) is 44.1 Å². The van der Waals surface area contributed by atoms with Crippen molar-refractivity contribution < 1.29 is 22.9 Å². The van der Waals surface area contributed by atoms with Crippen molar-refractivity contribution in [3.63, 3.8) is 0 Å². The Labute approximate surface area is 219 Å². The van der Waals surface area contributed by atoms with E-state index in [1.807, 2.05) is 18.2 Å². The number of rotatable bonds is 8. The first-order chi connectivity index (χ1) is 18.2. The molecule has 0 radical (unpaired) electrons. The van der Waals surface area contributed by atoms with Crippen molar-refractivity contribution in [3.05, 3.63) is 35.7 Å². The van der Waals surface area contributed by atoms with E-state index in [1.165, 1.54) is 4.57 Å². The number of benzene rings is 1. The van der Waals surface area contributed by atoms with Crippen LogP contribution in [-0.2, 0) is 14.1 Å². The van der Waals surface area contributed by atoms with Gasteiger partial charge >= 0.3 is 0 Å². The molecule has 6 rings (SSSR count). The molecule has 2 aliphatic carbocycles. The van der Waals surface area contributed by atoms with E-state index >= 15 is 0 Å². The van der Waals surface area contributed by atoms with Crippen LogP contribution in [0.3, 0.4) is 0 Å². The molecule has 3 aromatic rings. The van der Waals surface area contributed by atoms with E-state index in [0.29, 0.717) is 35.6 Å². The zero-order chi connectivity index (χ0) is 26.6. The van der Waals surface area contributed by atoms with Gasteiger partial charge in [0, 0.05) is 29.6 Å². The maximum Gasteiger partial charge on any atom is 0.295 e. The number of carbonyl (C=O) groups is 1. The highest BCUT2D eigenvalue weighted by Gasteiger charge is 2.32. The molecule has 11 heteroatoms. The highest BCUT2D eigenvalue weighted by molar-refractivity contribution is 7.70. The van der Waals surface area contributed by atoms with Crippen molar-refractivity contribution >= 4 is 46.7 Å². The highest BCUT2D eigenvalue weighted by atomic mass is 31.2. The number of hydrogen-bond donors (Lipinski definition) is 2. The van der Waals surface area contributed by atoms with Gasteiger partial charge in [-0.25, -0.2) is 18.7 Å². The fourth-order valence-electron chi connectivity index (χ4n) is 5.09. The Bertz CT molecular complexity index is 1440. The predicted octanol–water partition coefficient (Wildman–Crippen LogP) is 6.29. The Morgan fingerprint density at radius 3 is 2.50 bits per heavy atom. The van der Waals surface area contributed by atoms with Crippen LogP contribution in [-0.4, -0.2) is 40.4 Å². The van der Waals surface area contributed by atoms with Crippen molar-refractivity contribution in [2.45, 2.75) is 63.5 Å². The number of fused-ring (bicyclic) bond motifs is 1. The molecule has 1 unspecified atom stereocenters. The maximum atomic E-state index is 14.3. The van der Waals surface area contributed by atoms with E-state index < -0.39 is 25.6 Å². The first-order valence-corrected chi connectivity index (χ1v) is 15.9. The van der Waals surface area contributed by atoms with Crippen LogP contribution in [0.5, 0.6) is 0 Å². The van der Waals surface area contributed by atoms with Crippen LogP contribution in [0.4, 0.5) is 26.0 Å².